The third-order valence-corrected chi connectivity index (χ3v) is 6.22. The second-order valence-electron chi connectivity index (χ2n) is 9.97. The van der Waals surface area contributed by atoms with Crippen molar-refractivity contribution in [2.75, 3.05) is 18.8 Å². The van der Waals surface area contributed by atoms with Gasteiger partial charge in [-0.1, -0.05) is 30.3 Å². The third kappa shape index (κ3) is 4.78. The minimum atomic E-state index is -0.585. The number of aromatic nitrogens is 3. The zero-order valence-electron chi connectivity index (χ0n) is 21.0. The number of nitrogen functional groups attached to an aromatic ring is 1. The van der Waals surface area contributed by atoms with Crippen LogP contribution in [0.5, 0.6) is 11.5 Å². The number of nitriles is 1. The van der Waals surface area contributed by atoms with Crippen LogP contribution in [0.2, 0.25) is 0 Å². The number of ether oxygens (including phenoxy) is 2. The lowest BCUT2D eigenvalue weighted by atomic mass is 10.0. The third-order valence-electron chi connectivity index (χ3n) is 6.22. The van der Waals surface area contributed by atoms with Gasteiger partial charge in [0.2, 0.25) is 0 Å². The van der Waals surface area contributed by atoms with Gasteiger partial charge in [-0.25, -0.2) is 14.8 Å². The molecular weight excluding hydrogens is 468 g/mol. The Morgan fingerprint density at radius 1 is 1.08 bits per heavy atom. The molecule has 5 rings (SSSR count). The van der Waals surface area contributed by atoms with Gasteiger partial charge >= 0.3 is 6.09 Å². The van der Waals surface area contributed by atoms with Crippen LogP contribution in [0, 0.1) is 11.3 Å². The zero-order valence-corrected chi connectivity index (χ0v) is 21.0. The van der Waals surface area contributed by atoms with Crippen molar-refractivity contribution in [1.82, 2.24) is 19.4 Å². The van der Waals surface area contributed by atoms with E-state index in [2.05, 4.69) is 16.0 Å². The number of benzene rings is 2. The van der Waals surface area contributed by atoms with Crippen molar-refractivity contribution in [3.8, 4) is 28.7 Å². The van der Waals surface area contributed by atoms with Gasteiger partial charge in [0.25, 0.3) is 0 Å². The van der Waals surface area contributed by atoms with Crippen molar-refractivity contribution < 1.29 is 14.3 Å². The first kappa shape index (κ1) is 24.1. The van der Waals surface area contributed by atoms with Gasteiger partial charge in [0.05, 0.1) is 11.4 Å². The Kier molecular flexibility index (Phi) is 6.17. The first-order valence-electron chi connectivity index (χ1n) is 12.1. The maximum absolute atomic E-state index is 12.7. The average molecular weight is 497 g/mol. The highest BCUT2D eigenvalue weighted by Gasteiger charge is 2.34. The van der Waals surface area contributed by atoms with E-state index in [0.717, 1.165) is 11.3 Å². The smallest absolute Gasteiger partial charge is 0.410 e. The average Bonchev–Trinajstić information content (AvgIpc) is 3.47. The summed E-state index contributed by atoms with van der Waals surface area (Å²) in [4.78, 5) is 23.0. The lowest BCUT2D eigenvalue weighted by molar-refractivity contribution is 0.0289. The Bertz CT molecular complexity index is 1480. The summed E-state index contributed by atoms with van der Waals surface area (Å²) in [6.07, 6.45) is 1.69. The fourth-order valence-corrected chi connectivity index (χ4v) is 4.66. The standard InChI is InChI=1S/C28H28N6O3/c1-28(2,3)37-27(35)33-14-13-19(16-33)34-22(15-29)23(24-25(30)31-17-32-26(24)34)18-9-11-21(12-10-18)36-20-7-5-4-6-8-20/h4-12,17,19H,13-14,16H2,1-3H3,(H2,30,31,32). The number of hydrogen-bond donors (Lipinski definition) is 1. The number of anilines is 1. The topological polar surface area (TPSA) is 119 Å². The zero-order chi connectivity index (χ0) is 26.2. The number of rotatable bonds is 4. The molecular formula is C28H28N6O3. The van der Waals surface area contributed by atoms with E-state index in [4.69, 9.17) is 15.2 Å². The summed E-state index contributed by atoms with van der Waals surface area (Å²) in [7, 11) is 0. The van der Waals surface area contributed by atoms with Crippen molar-refractivity contribution >= 4 is 22.9 Å². The molecule has 0 aliphatic carbocycles. The Hall–Kier alpha value is -4.58. The van der Waals surface area contributed by atoms with Crippen LogP contribution in [0.25, 0.3) is 22.2 Å². The molecule has 4 aromatic rings. The second-order valence-corrected chi connectivity index (χ2v) is 9.97. The fraction of sp³-hybridized carbons (Fsp3) is 0.286. The molecule has 1 atom stereocenters. The fourth-order valence-electron chi connectivity index (χ4n) is 4.66. The monoisotopic (exact) mass is 496 g/mol. The molecule has 3 heterocycles. The summed E-state index contributed by atoms with van der Waals surface area (Å²) in [5.41, 5.74) is 8.19. The lowest BCUT2D eigenvalue weighted by Gasteiger charge is -2.24. The Morgan fingerprint density at radius 3 is 2.46 bits per heavy atom. The van der Waals surface area contributed by atoms with Gasteiger partial charge in [0.15, 0.2) is 0 Å². The van der Waals surface area contributed by atoms with Gasteiger partial charge in [0.1, 0.15) is 46.7 Å². The van der Waals surface area contributed by atoms with E-state index >= 15 is 0 Å². The SMILES string of the molecule is CC(C)(C)OC(=O)N1CCC(n2c(C#N)c(-c3ccc(Oc4ccccc4)cc3)c3c(N)ncnc32)C1. The van der Waals surface area contributed by atoms with Crippen molar-refractivity contribution in [2.45, 2.75) is 38.8 Å². The summed E-state index contributed by atoms with van der Waals surface area (Å²) in [6, 6.07) is 19.2. The molecule has 2 N–H and O–H groups in total. The van der Waals surface area contributed by atoms with Crippen molar-refractivity contribution in [3.63, 3.8) is 0 Å². The van der Waals surface area contributed by atoms with Crippen LogP contribution < -0.4 is 10.5 Å². The summed E-state index contributed by atoms with van der Waals surface area (Å²) in [5, 5.41) is 10.9. The summed E-state index contributed by atoms with van der Waals surface area (Å²) in [5.74, 6) is 1.70. The normalized spacial score (nSPS) is 15.5. The van der Waals surface area contributed by atoms with Crippen LogP contribution in [-0.4, -0.2) is 44.2 Å². The van der Waals surface area contributed by atoms with E-state index in [-0.39, 0.29) is 12.1 Å². The molecule has 1 amide bonds. The molecule has 2 aromatic heterocycles. The Morgan fingerprint density at radius 2 is 1.78 bits per heavy atom. The Balaban J connectivity index is 1.52. The minimum absolute atomic E-state index is 0.159. The molecule has 9 heteroatoms. The summed E-state index contributed by atoms with van der Waals surface area (Å²) < 4.78 is 13.4. The molecule has 0 saturated carbocycles. The van der Waals surface area contributed by atoms with Gasteiger partial charge in [-0.2, -0.15) is 5.26 Å². The number of carbonyl (C=O) groups excluding carboxylic acids is 1. The molecule has 0 spiro atoms. The number of fused-ring (bicyclic) bond motifs is 1. The van der Waals surface area contributed by atoms with Crippen molar-refractivity contribution in [1.29, 1.82) is 5.26 Å². The highest BCUT2D eigenvalue weighted by Crippen LogP contribution is 2.40. The number of nitrogens with zero attached hydrogens (tertiary/aromatic N) is 5. The number of likely N-dealkylation sites (tertiary alicyclic amines) is 1. The van der Waals surface area contributed by atoms with E-state index in [0.29, 0.717) is 53.4 Å². The lowest BCUT2D eigenvalue weighted by Crippen LogP contribution is -2.35. The minimum Gasteiger partial charge on any atom is -0.457 e. The number of carbonyl (C=O) groups is 1. The van der Waals surface area contributed by atoms with E-state index in [1.54, 1.807) is 4.90 Å². The van der Waals surface area contributed by atoms with Gasteiger partial charge < -0.3 is 24.7 Å². The number of amides is 1. The van der Waals surface area contributed by atoms with Crippen molar-refractivity contribution in [2.24, 2.45) is 0 Å². The first-order valence-corrected chi connectivity index (χ1v) is 12.1. The molecule has 9 nitrogen and oxygen atoms in total. The molecule has 1 fully saturated rings. The van der Waals surface area contributed by atoms with Gasteiger partial charge in [-0.3, -0.25) is 0 Å². The van der Waals surface area contributed by atoms with Gasteiger partial charge in [0, 0.05) is 18.7 Å². The van der Waals surface area contributed by atoms with Crippen LogP contribution in [0.15, 0.2) is 60.9 Å². The molecule has 1 aliphatic rings. The number of nitrogens with two attached hydrogens (primary N) is 1. The van der Waals surface area contributed by atoms with Crippen LogP contribution in [0.4, 0.5) is 10.6 Å². The summed E-state index contributed by atoms with van der Waals surface area (Å²) >= 11 is 0. The summed E-state index contributed by atoms with van der Waals surface area (Å²) in [6.45, 7) is 6.45. The molecule has 1 aliphatic heterocycles. The van der Waals surface area contributed by atoms with Crippen LogP contribution in [-0.2, 0) is 4.74 Å². The highest BCUT2D eigenvalue weighted by atomic mass is 16.6. The van der Waals surface area contributed by atoms with Crippen molar-refractivity contribution in [3.05, 3.63) is 66.6 Å². The molecule has 2 aromatic carbocycles. The van der Waals surface area contributed by atoms with Gasteiger partial charge in [-0.15, -0.1) is 0 Å². The van der Waals surface area contributed by atoms with Crippen LogP contribution in [0.3, 0.4) is 0 Å². The second kappa shape index (κ2) is 9.47. The quantitative estimate of drug-likeness (QED) is 0.395. The molecule has 0 radical (unpaired) electrons. The largest absolute Gasteiger partial charge is 0.457 e. The Labute approximate surface area is 215 Å². The maximum atomic E-state index is 12.7. The molecule has 37 heavy (non-hydrogen) atoms. The van der Waals surface area contributed by atoms with E-state index in [1.807, 2.05) is 79.9 Å². The van der Waals surface area contributed by atoms with Crippen LogP contribution >= 0.6 is 0 Å². The number of para-hydroxylation sites is 1. The van der Waals surface area contributed by atoms with Crippen LogP contribution in [0.1, 0.15) is 38.9 Å². The van der Waals surface area contributed by atoms with E-state index in [9.17, 15) is 10.1 Å². The molecule has 1 unspecified atom stereocenters. The number of hydrogen-bond acceptors (Lipinski definition) is 7. The molecule has 0 bridgehead atoms. The molecule has 1 saturated heterocycles. The predicted octanol–water partition coefficient (Wildman–Crippen LogP) is 5.53. The van der Waals surface area contributed by atoms with E-state index < -0.39 is 5.60 Å². The predicted molar refractivity (Wildman–Crippen MR) is 140 cm³/mol. The maximum Gasteiger partial charge on any atom is 0.410 e. The van der Waals surface area contributed by atoms with Gasteiger partial charge in [-0.05, 0) is 57.0 Å². The molecule has 188 valence electrons. The first-order chi connectivity index (χ1) is 17.7. The van der Waals surface area contributed by atoms with E-state index in [1.165, 1.54) is 6.33 Å². The highest BCUT2D eigenvalue weighted by molar-refractivity contribution is 6.03.